The zero-order chi connectivity index (χ0) is 20.3. The summed E-state index contributed by atoms with van der Waals surface area (Å²) < 4.78 is 35.5. The van der Waals surface area contributed by atoms with Gasteiger partial charge in [-0.05, 0) is 24.2 Å². The Morgan fingerprint density at radius 2 is 2.07 bits per heavy atom. The first-order valence-corrected chi connectivity index (χ1v) is 8.97. The van der Waals surface area contributed by atoms with E-state index in [-0.39, 0.29) is 28.9 Å². The zero-order valence-electron chi connectivity index (χ0n) is 15.4. The first kappa shape index (κ1) is 19.9. The predicted octanol–water partition coefficient (Wildman–Crippen LogP) is 2.20. The van der Waals surface area contributed by atoms with Crippen molar-refractivity contribution in [1.29, 1.82) is 0 Å². The molecular weight excluding hydrogens is 388 g/mol. The number of thiocarbonyl (C=S) groups is 1. The van der Waals surface area contributed by atoms with E-state index in [9.17, 15) is 13.6 Å². The molecule has 0 saturated heterocycles. The van der Waals surface area contributed by atoms with Gasteiger partial charge in [-0.25, -0.2) is 13.5 Å². The van der Waals surface area contributed by atoms with Gasteiger partial charge in [0.05, 0.1) is 25.5 Å². The lowest BCUT2D eigenvalue weighted by Gasteiger charge is -2.25. The maximum atomic E-state index is 14.7. The van der Waals surface area contributed by atoms with Crippen molar-refractivity contribution in [1.82, 2.24) is 25.2 Å². The first-order chi connectivity index (χ1) is 13.4. The highest BCUT2D eigenvalue weighted by atomic mass is 32.1. The van der Waals surface area contributed by atoms with E-state index in [4.69, 9.17) is 17.0 Å². The molecule has 2 heterocycles. The van der Waals surface area contributed by atoms with Crippen LogP contribution in [0.5, 0.6) is 0 Å². The molecule has 1 aliphatic heterocycles. The molecule has 1 aromatic heterocycles. The SMILES string of the molecule is COC(=S)NCc1cn(-c2cc(F)c(C3=CCN(C(C)=O)CC3)c(F)c2)nn1. The largest absolute Gasteiger partial charge is 0.474 e. The highest BCUT2D eigenvalue weighted by molar-refractivity contribution is 7.80. The summed E-state index contributed by atoms with van der Waals surface area (Å²) in [6, 6.07) is 2.42. The molecule has 0 fully saturated rings. The van der Waals surface area contributed by atoms with E-state index < -0.39 is 11.6 Å². The van der Waals surface area contributed by atoms with Crippen LogP contribution in [0.15, 0.2) is 24.4 Å². The van der Waals surface area contributed by atoms with Gasteiger partial charge < -0.3 is 15.0 Å². The smallest absolute Gasteiger partial charge is 0.256 e. The minimum Gasteiger partial charge on any atom is -0.474 e. The van der Waals surface area contributed by atoms with Crippen molar-refractivity contribution < 1.29 is 18.3 Å². The van der Waals surface area contributed by atoms with E-state index in [0.29, 0.717) is 30.8 Å². The van der Waals surface area contributed by atoms with E-state index in [1.54, 1.807) is 17.2 Å². The molecule has 0 spiro atoms. The van der Waals surface area contributed by atoms with Crippen LogP contribution in [0.1, 0.15) is 24.6 Å². The second kappa shape index (κ2) is 8.42. The molecule has 28 heavy (non-hydrogen) atoms. The number of ether oxygens (including phenoxy) is 1. The number of methoxy groups -OCH3 is 1. The molecule has 0 aliphatic carbocycles. The Morgan fingerprint density at radius 1 is 1.36 bits per heavy atom. The highest BCUT2D eigenvalue weighted by Gasteiger charge is 2.21. The van der Waals surface area contributed by atoms with Crippen molar-refractivity contribution in [2.45, 2.75) is 19.9 Å². The molecule has 0 unspecified atom stereocenters. The lowest BCUT2D eigenvalue weighted by molar-refractivity contribution is -0.128. The Balaban J connectivity index is 1.80. The zero-order valence-corrected chi connectivity index (χ0v) is 16.2. The normalized spacial score (nSPS) is 13.9. The number of amides is 1. The Labute approximate surface area is 166 Å². The van der Waals surface area contributed by atoms with Crippen LogP contribution >= 0.6 is 12.2 Å². The third-order valence-electron chi connectivity index (χ3n) is 4.41. The van der Waals surface area contributed by atoms with Gasteiger partial charge in [0.25, 0.3) is 5.17 Å². The number of rotatable bonds is 4. The fraction of sp³-hybridized carbons (Fsp3) is 0.333. The number of carbonyl (C=O) groups excluding carboxylic acids is 1. The number of halogens is 2. The summed E-state index contributed by atoms with van der Waals surface area (Å²) in [5, 5.41) is 10.8. The maximum absolute atomic E-state index is 14.7. The molecule has 0 bridgehead atoms. The molecule has 1 N–H and O–H groups in total. The van der Waals surface area contributed by atoms with E-state index in [0.717, 1.165) is 0 Å². The number of benzene rings is 1. The Bertz CT molecular complexity index is 921. The van der Waals surface area contributed by atoms with Crippen molar-refractivity contribution in [3.05, 3.63) is 47.3 Å². The first-order valence-electron chi connectivity index (χ1n) is 8.56. The van der Waals surface area contributed by atoms with Crippen LogP contribution < -0.4 is 5.32 Å². The monoisotopic (exact) mass is 407 g/mol. The highest BCUT2D eigenvalue weighted by Crippen LogP contribution is 2.29. The summed E-state index contributed by atoms with van der Waals surface area (Å²) in [5.74, 6) is -1.43. The van der Waals surface area contributed by atoms with Crippen molar-refractivity contribution in [3.63, 3.8) is 0 Å². The lowest BCUT2D eigenvalue weighted by atomic mass is 9.98. The summed E-state index contributed by atoms with van der Waals surface area (Å²) in [6.45, 7) is 2.52. The maximum Gasteiger partial charge on any atom is 0.256 e. The van der Waals surface area contributed by atoms with Crippen molar-refractivity contribution in [3.8, 4) is 5.69 Å². The number of nitrogens with one attached hydrogen (secondary N) is 1. The number of carbonyl (C=O) groups is 1. The van der Waals surface area contributed by atoms with Crippen LogP contribution in [-0.4, -0.2) is 51.2 Å². The summed E-state index contributed by atoms with van der Waals surface area (Å²) in [4.78, 5) is 13.0. The molecule has 0 saturated carbocycles. The molecular formula is C18H19F2N5O2S. The lowest BCUT2D eigenvalue weighted by Crippen LogP contribution is -2.32. The molecule has 1 aliphatic rings. The fourth-order valence-corrected chi connectivity index (χ4v) is 2.99. The Kier molecular flexibility index (Phi) is 5.98. The summed E-state index contributed by atoms with van der Waals surface area (Å²) >= 11 is 4.87. The molecule has 3 rings (SSSR count). The van der Waals surface area contributed by atoms with Crippen molar-refractivity contribution in [2.75, 3.05) is 20.2 Å². The van der Waals surface area contributed by atoms with Gasteiger partial charge in [-0.3, -0.25) is 4.79 Å². The van der Waals surface area contributed by atoms with Crippen LogP contribution in [0.25, 0.3) is 11.3 Å². The van der Waals surface area contributed by atoms with Crippen molar-refractivity contribution in [2.24, 2.45) is 0 Å². The van der Waals surface area contributed by atoms with E-state index >= 15 is 0 Å². The molecule has 7 nitrogen and oxygen atoms in total. The third-order valence-corrected chi connectivity index (χ3v) is 4.72. The molecule has 148 valence electrons. The average Bonchev–Trinajstić information content (AvgIpc) is 3.15. The van der Waals surface area contributed by atoms with Gasteiger partial charge in [0.1, 0.15) is 17.3 Å². The molecule has 2 aromatic rings. The average molecular weight is 407 g/mol. The molecule has 10 heteroatoms. The standard InChI is InChI=1S/C18H19F2N5O2S/c1-11(26)24-5-3-12(4-6-24)17-15(19)7-14(8-16(17)20)25-10-13(22-23-25)9-21-18(28)27-2/h3,7-8,10H,4-6,9H2,1-2H3,(H,21,28). The van der Waals surface area contributed by atoms with Gasteiger partial charge in [0.15, 0.2) is 0 Å². The van der Waals surface area contributed by atoms with Gasteiger partial charge in [-0.1, -0.05) is 11.3 Å². The number of nitrogens with zero attached hydrogens (tertiary/aromatic N) is 4. The molecule has 0 radical (unpaired) electrons. The van der Waals surface area contributed by atoms with Gasteiger partial charge in [-0.15, -0.1) is 5.10 Å². The van der Waals surface area contributed by atoms with Crippen LogP contribution in [0.2, 0.25) is 0 Å². The summed E-state index contributed by atoms with van der Waals surface area (Å²) in [5.41, 5.74) is 1.23. The molecule has 0 atom stereocenters. The summed E-state index contributed by atoms with van der Waals surface area (Å²) in [7, 11) is 1.44. The van der Waals surface area contributed by atoms with Crippen LogP contribution in [0.4, 0.5) is 8.78 Å². The van der Waals surface area contributed by atoms with Crippen LogP contribution in [0, 0.1) is 11.6 Å². The minimum absolute atomic E-state index is 0.0608. The topological polar surface area (TPSA) is 72.3 Å². The van der Waals surface area contributed by atoms with Gasteiger partial charge in [0, 0.05) is 37.7 Å². The fourth-order valence-electron chi connectivity index (χ4n) is 2.92. The quantitative estimate of drug-likeness (QED) is 0.784. The Morgan fingerprint density at radius 3 is 2.64 bits per heavy atom. The molecule has 1 amide bonds. The summed E-state index contributed by atoms with van der Waals surface area (Å²) in [6.07, 6.45) is 3.62. The van der Waals surface area contributed by atoms with Crippen LogP contribution in [-0.2, 0) is 16.1 Å². The van der Waals surface area contributed by atoms with Gasteiger partial charge >= 0.3 is 0 Å². The number of hydrogen-bond donors (Lipinski definition) is 1. The van der Waals surface area contributed by atoms with E-state index in [1.165, 1.54) is 30.8 Å². The number of hydrogen-bond acceptors (Lipinski definition) is 5. The second-order valence-corrected chi connectivity index (χ2v) is 6.60. The van der Waals surface area contributed by atoms with Crippen LogP contribution in [0.3, 0.4) is 0 Å². The number of aromatic nitrogens is 3. The molecule has 1 aromatic carbocycles. The third kappa shape index (κ3) is 4.33. The van der Waals surface area contributed by atoms with E-state index in [1.807, 2.05) is 0 Å². The minimum atomic E-state index is -0.687. The van der Waals surface area contributed by atoms with E-state index in [2.05, 4.69) is 15.6 Å². The van der Waals surface area contributed by atoms with Gasteiger partial charge in [0.2, 0.25) is 5.91 Å². The van der Waals surface area contributed by atoms with Gasteiger partial charge in [-0.2, -0.15) is 0 Å². The van der Waals surface area contributed by atoms with Crippen molar-refractivity contribution >= 4 is 28.9 Å². The Hall–Kier alpha value is -2.88. The second-order valence-electron chi connectivity index (χ2n) is 6.23. The predicted molar refractivity (Wildman–Crippen MR) is 103 cm³/mol.